The largest absolute Gasteiger partial charge is 0.491 e. The van der Waals surface area contributed by atoms with Crippen molar-refractivity contribution in [1.82, 2.24) is 0 Å². The van der Waals surface area contributed by atoms with E-state index in [0.717, 1.165) is 11.3 Å². The molecule has 1 atom stereocenters. The third-order valence-corrected chi connectivity index (χ3v) is 2.25. The monoisotopic (exact) mass is 223 g/mol. The second-order valence-electron chi connectivity index (χ2n) is 4.96. The molecule has 0 saturated carbocycles. The van der Waals surface area contributed by atoms with E-state index in [1.165, 1.54) is 0 Å². The molecular formula is C13H21NO2. The van der Waals surface area contributed by atoms with E-state index in [2.05, 4.69) is 0 Å². The number of nitrogens with two attached hydrogens (primary N) is 1. The molecule has 0 aromatic heterocycles. The van der Waals surface area contributed by atoms with Gasteiger partial charge in [-0.15, -0.1) is 0 Å². The van der Waals surface area contributed by atoms with E-state index in [1.807, 2.05) is 38.1 Å². The normalized spacial score (nSPS) is 13.9. The van der Waals surface area contributed by atoms with E-state index in [1.54, 1.807) is 13.8 Å². The van der Waals surface area contributed by atoms with Crippen LogP contribution in [0.2, 0.25) is 0 Å². The molecule has 0 radical (unpaired) electrons. The highest BCUT2D eigenvalue weighted by Gasteiger charge is 2.24. The Morgan fingerprint density at radius 2 is 1.94 bits per heavy atom. The third kappa shape index (κ3) is 3.51. The van der Waals surface area contributed by atoms with E-state index in [9.17, 15) is 5.11 Å². The van der Waals surface area contributed by atoms with Crippen LogP contribution in [0.15, 0.2) is 24.3 Å². The minimum atomic E-state index is -0.691. The average Bonchev–Trinajstić information content (AvgIpc) is 2.14. The fraction of sp³-hybridized carbons (Fsp3) is 0.538. The van der Waals surface area contributed by atoms with Gasteiger partial charge in [-0.3, -0.25) is 0 Å². The Morgan fingerprint density at radius 3 is 2.44 bits per heavy atom. The van der Waals surface area contributed by atoms with Crippen molar-refractivity contribution in [3.8, 4) is 5.75 Å². The maximum Gasteiger partial charge on any atom is 0.120 e. The summed E-state index contributed by atoms with van der Waals surface area (Å²) in [7, 11) is 0. The van der Waals surface area contributed by atoms with E-state index < -0.39 is 11.6 Å². The Bertz CT molecular complexity index is 342. The molecule has 0 aliphatic carbocycles. The smallest absolute Gasteiger partial charge is 0.120 e. The van der Waals surface area contributed by atoms with Crippen molar-refractivity contribution in [2.24, 2.45) is 5.73 Å². The topological polar surface area (TPSA) is 55.5 Å². The number of aliphatic hydroxyl groups excluding tert-OH is 1. The van der Waals surface area contributed by atoms with Gasteiger partial charge in [-0.25, -0.2) is 0 Å². The van der Waals surface area contributed by atoms with Gasteiger partial charge >= 0.3 is 0 Å². The maximum absolute atomic E-state index is 10.0. The van der Waals surface area contributed by atoms with Gasteiger partial charge in [0.2, 0.25) is 0 Å². The Labute approximate surface area is 97.2 Å². The Kier molecular flexibility index (Phi) is 3.94. The molecule has 1 rings (SSSR count). The number of rotatable bonds is 4. The van der Waals surface area contributed by atoms with Gasteiger partial charge in [-0.05, 0) is 45.4 Å². The molecule has 0 fully saturated rings. The van der Waals surface area contributed by atoms with Gasteiger partial charge in [0, 0.05) is 5.54 Å². The highest BCUT2D eigenvalue weighted by molar-refractivity contribution is 5.31. The lowest BCUT2D eigenvalue weighted by molar-refractivity contribution is 0.104. The van der Waals surface area contributed by atoms with Crippen molar-refractivity contribution in [1.29, 1.82) is 0 Å². The highest BCUT2D eigenvalue weighted by Crippen LogP contribution is 2.26. The molecule has 0 amide bonds. The third-order valence-electron chi connectivity index (χ3n) is 2.25. The first-order valence-electron chi connectivity index (χ1n) is 5.54. The number of hydrogen-bond acceptors (Lipinski definition) is 3. The fourth-order valence-electron chi connectivity index (χ4n) is 1.46. The zero-order valence-electron chi connectivity index (χ0n) is 10.4. The summed E-state index contributed by atoms with van der Waals surface area (Å²) < 4.78 is 5.57. The number of hydrogen-bond donors (Lipinski definition) is 2. The summed E-state index contributed by atoms with van der Waals surface area (Å²) in [5.41, 5.74) is 6.00. The summed E-state index contributed by atoms with van der Waals surface area (Å²) in [5.74, 6) is 0.760. The van der Waals surface area contributed by atoms with Crippen LogP contribution in [-0.2, 0) is 0 Å². The molecule has 3 N–H and O–H groups in total. The average molecular weight is 223 g/mol. The molecule has 0 aliphatic rings. The second-order valence-corrected chi connectivity index (χ2v) is 4.96. The molecule has 3 heteroatoms. The van der Waals surface area contributed by atoms with Crippen LogP contribution in [-0.4, -0.2) is 16.7 Å². The van der Waals surface area contributed by atoms with Crippen molar-refractivity contribution < 1.29 is 9.84 Å². The molecule has 3 nitrogen and oxygen atoms in total. The first-order valence-corrected chi connectivity index (χ1v) is 5.54. The van der Waals surface area contributed by atoms with Gasteiger partial charge in [-0.2, -0.15) is 0 Å². The molecule has 0 heterocycles. The highest BCUT2D eigenvalue weighted by atomic mass is 16.5. The number of ether oxygens (including phenoxy) is 1. The Morgan fingerprint density at radius 1 is 1.31 bits per heavy atom. The minimum absolute atomic E-state index is 0.123. The quantitative estimate of drug-likeness (QED) is 0.823. The molecular weight excluding hydrogens is 202 g/mol. The van der Waals surface area contributed by atoms with Gasteiger partial charge < -0.3 is 15.6 Å². The molecule has 16 heavy (non-hydrogen) atoms. The van der Waals surface area contributed by atoms with Crippen molar-refractivity contribution in [3.63, 3.8) is 0 Å². The predicted molar refractivity (Wildman–Crippen MR) is 65.4 cm³/mol. The molecule has 0 spiro atoms. The van der Waals surface area contributed by atoms with Gasteiger partial charge in [0.15, 0.2) is 0 Å². The van der Waals surface area contributed by atoms with E-state index >= 15 is 0 Å². The molecule has 0 aliphatic heterocycles. The summed E-state index contributed by atoms with van der Waals surface area (Å²) in [6.45, 7) is 7.53. The van der Waals surface area contributed by atoms with Gasteiger partial charge in [0.05, 0.1) is 12.2 Å². The molecule has 90 valence electrons. The van der Waals surface area contributed by atoms with Crippen LogP contribution in [0.4, 0.5) is 0 Å². The molecule has 0 saturated heterocycles. The van der Waals surface area contributed by atoms with Crippen LogP contribution in [0.5, 0.6) is 5.75 Å². The summed E-state index contributed by atoms with van der Waals surface area (Å²) >= 11 is 0. The summed E-state index contributed by atoms with van der Waals surface area (Å²) in [5, 5.41) is 10.0. The van der Waals surface area contributed by atoms with Gasteiger partial charge in [0.25, 0.3) is 0 Å². The molecule has 1 unspecified atom stereocenters. The SMILES string of the molecule is CC(C)Oc1cccc(C(O)C(C)(C)N)c1. The lowest BCUT2D eigenvalue weighted by atomic mass is 9.92. The van der Waals surface area contributed by atoms with Crippen molar-refractivity contribution >= 4 is 0 Å². The standard InChI is InChI=1S/C13H21NO2/c1-9(2)16-11-7-5-6-10(8-11)12(15)13(3,4)14/h5-9,12,15H,14H2,1-4H3. The maximum atomic E-state index is 10.0. The van der Waals surface area contributed by atoms with Crippen LogP contribution in [0.25, 0.3) is 0 Å². The molecule has 0 bridgehead atoms. The van der Waals surface area contributed by atoms with E-state index in [4.69, 9.17) is 10.5 Å². The zero-order valence-corrected chi connectivity index (χ0v) is 10.4. The van der Waals surface area contributed by atoms with Crippen LogP contribution >= 0.6 is 0 Å². The predicted octanol–water partition coefficient (Wildman–Crippen LogP) is 2.24. The molecule has 1 aromatic carbocycles. The fourth-order valence-corrected chi connectivity index (χ4v) is 1.46. The Hall–Kier alpha value is -1.06. The van der Waals surface area contributed by atoms with Crippen molar-refractivity contribution in [3.05, 3.63) is 29.8 Å². The van der Waals surface area contributed by atoms with E-state index in [0.29, 0.717) is 0 Å². The second kappa shape index (κ2) is 4.85. The van der Waals surface area contributed by atoms with Crippen LogP contribution in [0, 0.1) is 0 Å². The molecule has 1 aromatic rings. The first kappa shape index (κ1) is 13.0. The summed E-state index contributed by atoms with van der Waals surface area (Å²) in [6, 6.07) is 7.42. The Balaban J connectivity index is 2.90. The summed E-state index contributed by atoms with van der Waals surface area (Å²) in [4.78, 5) is 0. The first-order chi connectivity index (χ1) is 7.30. The zero-order chi connectivity index (χ0) is 12.3. The van der Waals surface area contributed by atoms with Crippen LogP contribution in [0.1, 0.15) is 39.4 Å². The summed E-state index contributed by atoms with van der Waals surface area (Å²) in [6.07, 6.45) is -0.568. The van der Waals surface area contributed by atoms with Crippen molar-refractivity contribution in [2.75, 3.05) is 0 Å². The van der Waals surface area contributed by atoms with Crippen molar-refractivity contribution in [2.45, 2.75) is 45.4 Å². The lowest BCUT2D eigenvalue weighted by Crippen LogP contribution is -2.39. The number of benzene rings is 1. The minimum Gasteiger partial charge on any atom is -0.491 e. The number of aliphatic hydroxyl groups is 1. The van der Waals surface area contributed by atoms with Gasteiger partial charge in [-0.1, -0.05) is 12.1 Å². The van der Waals surface area contributed by atoms with Crippen LogP contribution < -0.4 is 10.5 Å². The van der Waals surface area contributed by atoms with Gasteiger partial charge in [0.1, 0.15) is 5.75 Å². The lowest BCUT2D eigenvalue weighted by Gasteiger charge is -2.26. The van der Waals surface area contributed by atoms with E-state index in [-0.39, 0.29) is 6.10 Å². The van der Waals surface area contributed by atoms with Crippen LogP contribution in [0.3, 0.4) is 0 Å².